The van der Waals surface area contributed by atoms with E-state index in [1.807, 2.05) is 6.20 Å². The van der Waals surface area contributed by atoms with Gasteiger partial charge >= 0.3 is 0 Å². The van der Waals surface area contributed by atoms with Gasteiger partial charge in [-0.3, -0.25) is 4.98 Å². The molecule has 1 aromatic heterocycles. The highest BCUT2D eigenvalue weighted by atomic mass is 16.5. The Labute approximate surface area is 122 Å². The minimum atomic E-state index is 0.632. The molecular weight excluding hydrogens is 248 g/mol. The highest BCUT2D eigenvalue weighted by molar-refractivity contribution is 5.27. The average Bonchev–Trinajstić information content (AvgIpc) is 3.30. The van der Waals surface area contributed by atoms with E-state index < -0.39 is 0 Å². The van der Waals surface area contributed by atoms with Crippen LogP contribution in [0.4, 0.5) is 0 Å². The van der Waals surface area contributed by atoms with Gasteiger partial charge in [0.15, 0.2) is 0 Å². The molecule has 2 saturated carbocycles. The molecule has 0 saturated heterocycles. The van der Waals surface area contributed by atoms with E-state index in [1.54, 1.807) is 13.3 Å². The van der Waals surface area contributed by atoms with Crippen molar-refractivity contribution in [1.82, 2.24) is 10.3 Å². The summed E-state index contributed by atoms with van der Waals surface area (Å²) in [6.07, 6.45) is 10.6. The number of aromatic nitrogens is 1. The molecule has 0 amide bonds. The first kappa shape index (κ1) is 13.9. The molecule has 0 aliphatic heterocycles. The lowest BCUT2D eigenvalue weighted by Crippen LogP contribution is -2.32. The first-order valence-corrected chi connectivity index (χ1v) is 7.98. The molecule has 3 rings (SSSR count). The van der Waals surface area contributed by atoms with Crippen LogP contribution in [-0.2, 0) is 0 Å². The van der Waals surface area contributed by atoms with Crippen molar-refractivity contribution in [2.75, 3.05) is 13.7 Å². The Hall–Kier alpha value is -1.09. The van der Waals surface area contributed by atoms with Gasteiger partial charge in [0.1, 0.15) is 5.75 Å². The van der Waals surface area contributed by atoms with Crippen LogP contribution >= 0.6 is 0 Å². The molecule has 1 N–H and O–H groups in total. The first-order chi connectivity index (χ1) is 9.76. The third kappa shape index (κ3) is 3.32. The fraction of sp³-hybridized carbons (Fsp3) is 0.706. The number of nitrogens with one attached hydrogen (secondary N) is 1. The zero-order valence-electron chi connectivity index (χ0n) is 12.6. The fourth-order valence-corrected chi connectivity index (χ4v) is 3.45. The summed E-state index contributed by atoms with van der Waals surface area (Å²) in [5.74, 6) is 3.09. The number of nitrogens with zero attached hydrogens (tertiary/aromatic N) is 1. The Bertz CT molecular complexity index is 444. The van der Waals surface area contributed by atoms with Gasteiger partial charge in [-0.1, -0.05) is 13.3 Å². The van der Waals surface area contributed by atoms with Gasteiger partial charge in [0.2, 0.25) is 0 Å². The van der Waals surface area contributed by atoms with Gasteiger partial charge in [-0.2, -0.15) is 0 Å². The molecule has 20 heavy (non-hydrogen) atoms. The van der Waals surface area contributed by atoms with Crippen LogP contribution in [0, 0.1) is 11.8 Å². The number of rotatable bonds is 5. The van der Waals surface area contributed by atoms with Gasteiger partial charge in [0.05, 0.1) is 13.3 Å². The standard InChI is InChI=1S/C17H26N2O/c1-12-3-4-13(10-19-15-5-6-15)17(7-12)14-8-16(20-2)11-18-9-14/h8-9,11-13,15,17,19H,3-7,10H2,1-2H3. The van der Waals surface area contributed by atoms with E-state index in [1.165, 1.54) is 44.2 Å². The molecule has 1 heterocycles. The molecular formula is C17H26N2O. The van der Waals surface area contributed by atoms with Crippen molar-refractivity contribution in [2.45, 2.75) is 51.0 Å². The second kappa shape index (κ2) is 6.13. The molecule has 110 valence electrons. The third-order valence-corrected chi connectivity index (χ3v) is 4.90. The fourth-order valence-electron chi connectivity index (χ4n) is 3.45. The highest BCUT2D eigenvalue weighted by Crippen LogP contribution is 2.41. The van der Waals surface area contributed by atoms with E-state index in [2.05, 4.69) is 23.3 Å². The Morgan fingerprint density at radius 1 is 1.25 bits per heavy atom. The van der Waals surface area contributed by atoms with Crippen LogP contribution in [0.25, 0.3) is 0 Å². The monoisotopic (exact) mass is 274 g/mol. The summed E-state index contributed by atoms with van der Waals surface area (Å²) >= 11 is 0. The largest absolute Gasteiger partial charge is 0.495 e. The third-order valence-electron chi connectivity index (χ3n) is 4.90. The van der Waals surface area contributed by atoms with Crippen molar-refractivity contribution < 1.29 is 4.74 Å². The van der Waals surface area contributed by atoms with Gasteiger partial charge in [-0.15, -0.1) is 0 Å². The molecule has 2 fully saturated rings. The second-order valence-corrected chi connectivity index (χ2v) is 6.63. The molecule has 3 unspecified atom stereocenters. The lowest BCUT2D eigenvalue weighted by atomic mass is 9.72. The average molecular weight is 274 g/mol. The van der Waals surface area contributed by atoms with Crippen LogP contribution in [0.15, 0.2) is 18.5 Å². The van der Waals surface area contributed by atoms with E-state index in [9.17, 15) is 0 Å². The van der Waals surface area contributed by atoms with E-state index in [0.29, 0.717) is 5.92 Å². The lowest BCUT2D eigenvalue weighted by molar-refractivity contribution is 0.240. The minimum Gasteiger partial charge on any atom is -0.495 e. The topological polar surface area (TPSA) is 34.1 Å². The number of hydrogen-bond donors (Lipinski definition) is 1. The van der Waals surface area contributed by atoms with Crippen molar-refractivity contribution in [3.8, 4) is 5.75 Å². The molecule has 3 nitrogen and oxygen atoms in total. The van der Waals surface area contributed by atoms with Gasteiger partial charge in [-0.05, 0) is 61.6 Å². The maximum Gasteiger partial charge on any atom is 0.137 e. The molecule has 1 aromatic rings. The van der Waals surface area contributed by atoms with Gasteiger partial charge in [-0.25, -0.2) is 0 Å². The van der Waals surface area contributed by atoms with Crippen LogP contribution in [0.1, 0.15) is 50.5 Å². The Morgan fingerprint density at radius 3 is 2.85 bits per heavy atom. The summed E-state index contributed by atoms with van der Waals surface area (Å²) in [7, 11) is 1.72. The number of hydrogen-bond acceptors (Lipinski definition) is 3. The van der Waals surface area contributed by atoms with Crippen LogP contribution in [0.5, 0.6) is 5.75 Å². The maximum absolute atomic E-state index is 5.34. The van der Waals surface area contributed by atoms with E-state index >= 15 is 0 Å². The quantitative estimate of drug-likeness (QED) is 0.894. The van der Waals surface area contributed by atoms with Gasteiger partial charge in [0.25, 0.3) is 0 Å². The number of methoxy groups -OCH3 is 1. The molecule has 0 spiro atoms. The smallest absolute Gasteiger partial charge is 0.137 e. The van der Waals surface area contributed by atoms with Crippen LogP contribution in [0.2, 0.25) is 0 Å². The molecule has 2 aliphatic rings. The first-order valence-electron chi connectivity index (χ1n) is 7.98. The predicted molar refractivity (Wildman–Crippen MR) is 81.1 cm³/mol. The molecule has 2 aliphatic carbocycles. The van der Waals surface area contributed by atoms with E-state index in [-0.39, 0.29) is 0 Å². The zero-order valence-corrected chi connectivity index (χ0v) is 12.6. The van der Waals surface area contributed by atoms with Crippen LogP contribution < -0.4 is 10.1 Å². The summed E-state index contributed by atoms with van der Waals surface area (Å²) in [5, 5.41) is 3.72. The SMILES string of the molecule is COc1cncc(C2CC(C)CCC2CNC2CC2)c1. The van der Waals surface area contributed by atoms with Crippen LogP contribution in [-0.4, -0.2) is 24.7 Å². The second-order valence-electron chi connectivity index (χ2n) is 6.63. The Kier molecular flexibility index (Phi) is 4.25. The molecule has 0 bridgehead atoms. The summed E-state index contributed by atoms with van der Waals surface area (Å²) < 4.78 is 5.34. The van der Waals surface area contributed by atoms with E-state index in [0.717, 1.165) is 23.6 Å². The summed E-state index contributed by atoms with van der Waals surface area (Å²) in [6, 6.07) is 2.98. The van der Waals surface area contributed by atoms with Crippen molar-refractivity contribution in [2.24, 2.45) is 11.8 Å². The normalized spacial score (nSPS) is 30.2. The van der Waals surface area contributed by atoms with Crippen molar-refractivity contribution >= 4 is 0 Å². The number of ether oxygens (including phenoxy) is 1. The van der Waals surface area contributed by atoms with Crippen molar-refractivity contribution in [3.05, 3.63) is 24.0 Å². The zero-order chi connectivity index (χ0) is 13.9. The van der Waals surface area contributed by atoms with Crippen LogP contribution in [0.3, 0.4) is 0 Å². The van der Waals surface area contributed by atoms with Crippen molar-refractivity contribution in [1.29, 1.82) is 0 Å². The highest BCUT2D eigenvalue weighted by Gasteiger charge is 2.31. The van der Waals surface area contributed by atoms with Gasteiger partial charge in [0, 0.05) is 12.2 Å². The summed E-state index contributed by atoms with van der Waals surface area (Å²) in [6.45, 7) is 3.55. The predicted octanol–water partition coefficient (Wildman–Crippen LogP) is 3.36. The molecule has 0 radical (unpaired) electrons. The summed E-state index contributed by atoms with van der Waals surface area (Å²) in [5.41, 5.74) is 1.36. The van der Waals surface area contributed by atoms with E-state index in [4.69, 9.17) is 4.74 Å². The summed E-state index contributed by atoms with van der Waals surface area (Å²) in [4.78, 5) is 4.35. The molecule has 3 heteroatoms. The van der Waals surface area contributed by atoms with Gasteiger partial charge < -0.3 is 10.1 Å². The molecule has 3 atom stereocenters. The Morgan fingerprint density at radius 2 is 2.10 bits per heavy atom. The lowest BCUT2D eigenvalue weighted by Gasteiger charge is -2.35. The van der Waals surface area contributed by atoms with Crippen molar-refractivity contribution in [3.63, 3.8) is 0 Å². The minimum absolute atomic E-state index is 0.632. The Balaban J connectivity index is 1.73. The molecule has 0 aromatic carbocycles. The number of pyridine rings is 1. The maximum atomic E-state index is 5.34.